The topological polar surface area (TPSA) is 58.5 Å². The Balaban J connectivity index is 1.56. The third-order valence-electron chi connectivity index (χ3n) is 4.62. The minimum Gasteiger partial charge on any atom is -0.490 e. The Morgan fingerprint density at radius 3 is 2.78 bits per heavy atom. The fourth-order valence-electron chi connectivity index (χ4n) is 2.78. The number of hydrogen-bond donors (Lipinski definition) is 2. The van der Waals surface area contributed by atoms with E-state index in [1.165, 1.54) is 23.8 Å². The van der Waals surface area contributed by atoms with Crippen LogP contribution >= 0.6 is 11.3 Å². The van der Waals surface area contributed by atoms with Gasteiger partial charge in [-0.15, -0.1) is 11.3 Å². The van der Waals surface area contributed by atoms with Gasteiger partial charge in [0.25, 0.3) is 0 Å². The van der Waals surface area contributed by atoms with Crippen molar-refractivity contribution in [1.29, 1.82) is 0 Å². The molecule has 7 heteroatoms. The van der Waals surface area contributed by atoms with Gasteiger partial charge in [-0.25, -0.2) is 9.37 Å². The Labute approximate surface area is 164 Å². The molecule has 0 saturated heterocycles. The maximum Gasteiger partial charge on any atom is 0.191 e. The van der Waals surface area contributed by atoms with Gasteiger partial charge in [-0.2, -0.15) is 0 Å². The number of nitrogens with one attached hydrogen (secondary N) is 2. The predicted octanol–water partition coefficient (Wildman–Crippen LogP) is 4.11. The highest BCUT2D eigenvalue weighted by Gasteiger charge is 2.22. The summed E-state index contributed by atoms with van der Waals surface area (Å²) in [4.78, 5) is 9.88. The molecule has 1 aliphatic rings. The number of hydrogen-bond acceptors (Lipinski definition) is 4. The number of aliphatic imine (C=N–C) groups is 1. The minimum absolute atomic E-state index is 0.0903. The van der Waals surface area contributed by atoms with Gasteiger partial charge in [-0.3, -0.25) is 4.99 Å². The van der Waals surface area contributed by atoms with Crippen LogP contribution in [0.1, 0.15) is 46.9 Å². The molecule has 2 aromatic rings. The molecule has 1 heterocycles. The third kappa shape index (κ3) is 5.42. The first-order valence-corrected chi connectivity index (χ1v) is 10.1. The van der Waals surface area contributed by atoms with E-state index in [0.29, 0.717) is 30.8 Å². The molecule has 1 saturated carbocycles. The first-order valence-electron chi connectivity index (χ1n) is 9.28. The summed E-state index contributed by atoms with van der Waals surface area (Å²) in [6.07, 6.45) is 2.38. The van der Waals surface area contributed by atoms with Crippen LogP contribution in [0.5, 0.6) is 5.75 Å². The minimum atomic E-state index is -0.319. The van der Waals surface area contributed by atoms with E-state index in [1.807, 2.05) is 26.8 Å². The lowest BCUT2D eigenvalue weighted by molar-refractivity contribution is 0.285. The maximum absolute atomic E-state index is 14.3. The number of nitrogens with zero attached hydrogens (tertiary/aromatic N) is 2. The lowest BCUT2D eigenvalue weighted by atomic mass is 10.1. The molecule has 0 spiro atoms. The zero-order valence-corrected chi connectivity index (χ0v) is 17.1. The summed E-state index contributed by atoms with van der Waals surface area (Å²) >= 11 is 1.68. The van der Waals surface area contributed by atoms with Crippen LogP contribution in [0.4, 0.5) is 4.39 Å². The molecule has 0 amide bonds. The number of guanidine groups is 1. The first-order chi connectivity index (χ1) is 13.0. The summed E-state index contributed by atoms with van der Waals surface area (Å²) < 4.78 is 19.9. The number of thiazole rings is 1. The number of rotatable bonds is 7. The number of benzene rings is 1. The van der Waals surface area contributed by atoms with E-state index in [4.69, 9.17) is 4.74 Å². The second-order valence-corrected chi connectivity index (χ2v) is 8.27. The molecule has 5 nitrogen and oxygen atoms in total. The normalized spacial score (nSPS) is 15.5. The smallest absolute Gasteiger partial charge is 0.191 e. The molecule has 1 aliphatic carbocycles. The lowest BCUT2D eigenvalue weighted by Crippen LogP contribution is -2.38. The molecule has 1 fully saturated rings. The summed E-state index contributed by atoms with van der Waals surface area (Å²) in [7, 11) is 1.72. The Kier molecular flexibility index (Phi) is 6.31. The SMILES string of the molecule is CN=C(NCc1sc(C)nc1C)NC(C)c1ccc(OCC2CC2)c(F)c1. The van der Waals surface area contributed by atoms with Crippen molar-refractivity contribution < 1.29 is 9.13 Å². The number of ether oxygens (including phenoxy) is 1. The molecule has 1 aromatic carbocycles. The highest BCUT2D eigenvalue weighted by Crippen LogP contribution is 2.30. The summed E-state index contributed by atoms with van der Waals surface area (Å²) in [5.41, 5.74) is 1.89. The molecule has 0 radical (unpaired) electrons. The molecule has 0 aliphatic heterocycles. The molecule has 1 unspecified atom stereocenters. The monoisotopic (exact) mass is 390 g/mol. The summed E-state index contributed by atoms with van der Waals surface area (Å²) in [5, 5.41) is 7.65. The van der Waals surface area contributed by atoms with E-state index >= 15 is 0 Å². The molecule has 0 bridgehead atoms. The van der Waals surface area contributed by atoms with Gasteiger partial charge in [-0.05, 0) is 57.2 Å². The molecule has 27 heavy (non-hydrogen) atoms. The molecular weight excluding hydrogens is 363 g/mol. The van der Waals surface area contributed by atoms with E-state index in [9.17, 15) is 4.39 Å². The van der Waals surface area contributed by atoms with Gasteiger partial charge in [0.05, 0.1) is 29.9 Å². The summed E-state index contributed by atoms with van der Waals surface area (Å²) in [6, 6.07) is 5.05. The van der Waals surface area contributed by atoms with Gasteiger partial charge >= 0.3 is 0 Å². The van der Waals surface area contributed by atoms with Crippen LogP contribution < -0.4 is 15.4 Å². The van der Waals surface area contributed by atoms with Crippen LogP contribution in [0.25, 0.3) is 0 Å². The van der Waals surface area contributed by atoms with Crippen molar-refractivity contribution >= 4 is 17.3 Å². The quantitative estimate of drug-likeness (QED) is 0.552. The average Bonchev–Trinajstić information content (AvgIpc) is 3.41. The van der Waals surface area contributed by atoms with Crippen LogP contribution in [-0.2, 0) is 6.54 Å². The van der Waals surface area contributed by atoms with Gasteiger partial charge in [0.2, 0.25) is 0 Å². The number of aryl methyl sites for hydroxylation is 2. The maximum atomic E-state index is 14.3. The number of aromatic nitrogens is 1. The second kappa shape index (κ2) is 8.69. The van der Waals surface area contributed by atoms with E-state index in [2.05, 4.69) is 20.6 Å². The molecule has 1 aromatic heterocycles. The number of halogens is 1. The van der Waals surface area contributed by atoms with Gasteiger partial charge in [0.15, 0.2) is 17.5 Å². The standard InChI is InChI=1S/C20H27FN4OS/c1-12(16-7-8-18(17(21)9-16)26-11-15-5-6-15)25-20(22-4)23-10-19-13(2)24-14(3)27-19/h7-9,12,15H,5-6,10-11H2,1-4H3,(H2,22,23,25). The highest BCUT2D eigenvalue weighted by molar-refractivity contribution is 7.11. The van der Waals surface area contributed by atoms with E-state index in [0.717, 1.165) is 16.3 Å². The zero-order valence-electron chi connectivity index (χ0n) is 16.3. The van der Waals surface area contributed by atoms with Crippen LogP contribution in [0.3, 0.4) is 0 Å². The second-order valence-electron chi connectivity index (χ2n) is 6.98. The average molecular weight is 391 g/mol. The molecular formula is C20H27FN4OS. The van der Waals surface area contributed by atoms with Gasteiger partial charge < -0.3 is 15.4 Å². The predicted molar refractivity (Wildman–Crippen MR) is 108 cm³/mol. The van der Waals surface area contributed by atoms with Gasteiger partial charge in [-0.1, -0.05) is 6.07 Å². The van der Waals surface area contributed by atoms with Crippen LogP contribution in [0, 0.1) is 25.6 Å². The van der Waals surface area contributed by atoms with Gasteiger partial charge in [0, 0.05) is 11.9 Å². The van der Waals surface area contributed by atoms with Crippen molar-refractivity contribution in [3.8, 4) is 5.75 Å². The molecule has 2 N–H and O–H groups in total. The van der Waals surface area contributed by atoms with Crippen molar-refractivity contribution in [3.63, 3.8) is 0 Å². The van der Waals surface area contributed by atoms with Crippen LogP contribution in [0.15, 0.2) is 23.2 Å². The summed E-state index contributed by atoms with van der Waals surface area (Å²) in [6.45, 7) is 7.26. The van der Waals surface area contributed by atoms with E-state index < -0.39 is 0 Å². The van der Waals surface area contributed by atoms with Crippen molar-refractivity contribution in [2.24, 2.45) is 10.9 Å². The van der Waals surface area contributed by atoms with Crippen molar-refractivity contribution in [1.82, 2.24) is 15.6 Å². The van der Waals surface area contributed by atoms with E-state index in [1.54, 1.807) is 24.5 Å². The molecule has 3 rings (SSSR count). The molecule has 1 atom stereocenters. The zero-order chi connectivity index (χ0) is 19.4. The lowest BCUT2D eigenvalue weighted by Gasteiger charge is -2.19. The Hall–Kier alpha value is -2.15. The summed E-state index contributed by atoms with van der Waals surface area (Å²) in [5.74, 6) is 1.28. The Morgan fingerprint density at radius 2 is 2.19 bits per heavy atom. The largest absolute Gasteiger partial charge is 0.490 e. The fraction of sp³-hybridized carbons (Fsp3) is 0.500. The highest BCUT2D eigenvalue weighted by atomic mass is 32.1. The van der Waals surface area contributed by atoms with Crippen molar-refractivity contribution in [3.05, 3.63) is 45.2 Å². The van der Waals surface area contributed by atoms with E-state index in [-0.39, 0.29) is 11.9 Å². The van der Waals surface area contributed by atoms with Crippen molar-refractivity contribution in [2.45, 2.75) is 46.2 Å². The third-order valence-corrected chi connectivity index (χ3v) is 5.69. The van der Waals surface area contributed by atoms with Crippen LogP contribution in [0.2, 0.25) is 0 Å². The van der Waals surface area contributed by atoms with Gasteiger partial charge in [0.1, 0.15) is 0 Å². The fourth-order valence-corrected chi connectivity index (χ4v) is 3.66. The first kappa shape index (κ1) is 19.6. The Bertz CT molecular complexity index is 816. The Morgan fingerprint density at radius 1 is 1.41 bits per heavy atom. The molecule has 146 valence electrons. The van der Waals surface area contributed by atoms with Crippen molar-refractivity contribution in [2.75, 3.05) is 13.7 Å². The van der Waals surface area contributed by atoms with Crippen LogP contribution in [-0.4, -0.2) is 24.6 Å².